The van der Waals surface area contributed by atoms with Gasteiger partial charge in [-0.1, -0.05) is 78.1 Å². The summed E-state index contributed by atoms with van der Waals surface area (Å²) in [5.41, 5.74) is 0.0400. The fourth-order valence-electron chi connectivity index (χ4n) is 7.67. The zero-order chi connectivity index (χ0) is 21.9. The highest BCUT2D eigenvalue weighted by Gasteiger charge is 2.39. The van der Waals surface area contributed by atoms with Crippen molar-refractivity contribution in [2.45, 2.75) is 149 Å². The molecule has 3 fully saturated rings. The lowest BCUT2D eigenvalue weighted by molar-refractivity contribution is 0.0898. The zero-order valence-corrected chi connectivity index (χ0v) is 21.2. The second kappa shape index (κ2) is 13.3. The van der Waals surface area contributed by atoms with Crippen LogP contribution in [0.2, 0.25) is 0 Å². The Morgan fingerprint density at radius 2 is 1.10 bits per heavy atom. The Balaban J connectivity index is 1.31. The Hall–Kier alpha value is -0.510. The zero-order valence-electron chi connectivity index (χ0n) is 21.2. The lowest BCUT2D eigenvalue weighted by Crippen LogP contribution is -2.32. The Labute approximate surface area is 195 Å². The summed E-state index contributed by atoms with van der Waals surface area (Å²) >= 11 is 0. The first kappa shape index (κ1) is 25.1. The number of hydrogen-bond acceptors (Lipinski definition) is 1. The van der Waals surface area contributed by atoms with Gasteiger partial charge in [0.15, 0.2) is 0 Å². The van der Waals surface area contributed by atoms with Crippen molar-refractivity contribution in [3.63, 3.8) is 0 Å². The molecule has 0 N–H and O–H groups in total. The van der Waals surface area contributed by atoms with Crippen LogP contribution in [0.5, 0.6) is 0 Å². The summed E-state index contributed by atoms with van der Waals surface area (Å²) in [7, 11) is 0. The molecule has 0 aromatic heterocycles. The van der Waals surface area contributed by atoms with E-state index in [0.717, 1.165) is 36.0 Å². The summed E-state index contributed by atoms with van der Waals surface area (Å²) < 4.78 is 0. The van der Waals surface area contributed by atoms with E-state index in [1.807, 2.05) is 0 Å². The minimum absolute atomic E-state index is 0.0400. The van der Waals surface area contributed by atoms with E-state index in [4.69, 9.17) is 0 Å². The SMILES string of the molecule is CCCCCCC[C@H]1CC[C@H](C2CCC([C@H]3CC[C@@](C#N)(CCCC)CC3)CC2)CC1. The standard InChI is InChI=1S/C30H53N/c1-3-5-7-8-9-10-25-11-13-26(14-12-25)27-15-17-28(18-16-27)29-19-22-30(24-31,23-20-29)21-6-4-2/h25-29H,3-23H2,1-2H3/t25-,26-,27?,28?,29-,30-. The van der Waals surface area contributed by atoms with Crippen molar-refractivity contribution in [1.82, 2.24) is 0 Å². The predicted molar refractivity (Wildman–Crippen MR) is 134 cm³/mol. The van der Waals surface area contributed by atoms with Crippen LogP contribution < -0.4 is 0 Å². The average Bonchev–Trinajstić information content (AvgIpc) is 2.83. The van der Waals surface area contributed by atoms with Crippen molar-refractivity contribution in [2.24, 2.45) is 35.0 Å². The first-order valence-electron chi connectivity index (χ1n) is 14.6. The molecular weight excluding hydrogens is 374 g/mol. The Morgan fingerprint density at radius 1 is 0.613 bits per heavy atom. The van der Waals surface area contributed by atoms with Crippen molar-refractivity contribution < 1.29 is 0 Å². The molecule has 31 heavy (non-hydrogen) atoms. The van der Waals surface area contributed by atoms with E-state index in [9.17, 15) is 5.26 Å². The van der Waals surface area contributed by atoms with Crippen LogP contribution >= 0.6 is 0 Å². The van der Waals surface area contributed by atoms with Gasteiger partial charge in [-0.3, -0.25) is 0 Å². The first-order chi connectivity index (χ1) is 15.2. The van der Waals surface area contributed by atoms with Gasteiger partial charge in [0.25, 0.3) is 0 Å². The molecule has 0 aromatic rings. The quantitative estimate of drug-likeness (QED) is 0.301. The Morgan fingerprint density at radius 3 is 1.61 bits per heavy atom. The molecule has 0 amide bonds. The Kier molecular flexibility index (Phi) is 10.7. The predicted octanol–water partition coefficient (Wildman–Crippen LogP) is 9.85. The summed E-state index contributed by atoms with van der Waals surface area (Å²) in [5.74, 6) is 5.09. The van der Waals surface area contributed by atoms with Crippen LogP contribution in [0.1, 0.15) is 149 Å². The normalized spacial score (nSPS) is 36.7. The molecule has 0 atom stereocenters. The van der Waals surface area contributed by atoms with E-state index >= 15 is 0 Å². The minimum Gasteiger partial charge on any atom is -0.198 e. The number of unbranched alkanes of at least 4 members (excludes halogenated alkanes) is 5. The van der Waals surface area contributed by atoms with Crippen LogP contribution in [-0.4, -0.2) is 0 Å². The molecule has 3 aliphatic rings. The molecule has 0 aromatic carbocycles. The van der Waals surface area contributed by atoms with E-state index in [1.165, 1.54) is 116 Å². The molecule has 1 heteroatoms. The second-order valence-electron chi connectivity index (χ2n) is 12.0. The van der Waals surface area contributed by atoms with Crippen LogP contribution in [-0.2, 0) is 0 Å². The maximum absolute atomic E-state index is 9.79. The van der Waals surface area contributed by atoms with E-state index < -0.39 is 0 Å². The summed E-state index contributed by atoms with van der Waals surface area (Å²) in [6.07, 6.45) is 29.7. The first-order valence-corrected chi connectivity index (χ1v) is 14.6. The summed E-state index contributed by atoms with van der Waals surface area (Å²) in [6.45, 7) is 4.58. The summed E-state index contributed by atoms with van der Waals surface area (Å²) in [6, 6.07) is 2.75. The molecule has 3 aliphatic carbocycles. The lowest BCUT2D eigenvalue weighted by atomic mass is 9.62. The van der Waals surface area contributed by atoms with Crippen LogP contribution in [0.25, 0.3) is 0 Å². The average molecular weight is 428 g/mol. The van der Waals surface area contributed by atoms with Crippen LogP contribution in [0.3, 0.4) is 0 Å². The number of rotatable bonds is 11. The van der Waals surface area contributed by atoms with E-state index in [1.54, 1.807) is 12.8 Å². The lowest BCUT2D eigenvalue weighted by Gasteiger charge is -2.43. The largest absolute Gasteiger partial charge is 0.198 e. The molecule has 3 rings (SSSR count). The number of hydrogen-bond donors (Lipinski definition) is 0. The highest BCUT2D eigenvalue weighted by atomic mass is 14.5. The van der Waals surface area contributed by atoms with Crippen LogP contribution in [0.15, 0.2) is 0 Å². The Bertz CT molecular complexity index is 507. The van der Waals surface area contributed by atoms with Crippen LogP contribution in [0, 0.1) is 46.3 Å². The summed E-state index contributed by atoms with van der Waals surface area (Å²) in [4.78, 5) is 0. The molecule has 0 saturated heterocycles. The molecule has 0 aliphatic heterocycles. The fraction of sp³-hybridized carbons (Fsp3) is 0.967. The monoisotopic (exact) mass is 427 g/mol. The van der Waals surface area contributed by atoms with Gasteiger partial charge in [-0.05, 0) is 100 Å². The molecule has 3 saturated carbocycles. The van der Waals surface area contributed by atoms with Gasteiger partial charge >= 0.3 is 0 Å². The van der Waals surface area contributed by atoms with Crippen molar-refractivity contribution in [1.29, 1.82) is 5.26 Å². The maximum atomic E-state index is 9.79. The molecule has 0 heterocycles. The number of nitriles is 1. The van der Waals surface area contributed by atoms with Gasteiger partial charge in [0.05, 0.1) is 11.5 Å². The molecule has 178 valence electrons. The van der Waals surface area contributed by atoms with Crippen LogP contribution in [0.4, 0.5) is 0 Å². The molecule has 0 spiro atoms. The van der Waals surface area contributed by atoms with E-state index in [2.05, 4.69) is 19.9 Å². The molecule has 1 nitrogen and oxygen atoms in total. The van der Waals surface area contributed by atoms with E-state index in [0.29, 0.717) is 0 Å². The van der Waals surface area contributed by atoms with Gasteiger partial charge in [-0.25, -0.2) is 0 Å². The topological polar surface area (TPSA) is 23.8 Å². The number of nitrogens with zero attached hydrogens (tertiary/aromatic N) is 1. The van der Waals surface area contributed by atoms with Crippen molar-refractivity contribution in [2.75, 3.05) is 0 Å². The molecule has 0 radical (unpaired) electrons. The van der Waals surface area contributed by atoms with Gasteiger partial charge in [-0.2, -0.15) is 5.26 Å². The second-order valence-corrected chi connectivity index (χ2v) is 12.0. The highest BCUT2D eigenvalue weighted by Crippen LogP contribution is 2.49. The van der Waals surface area contributed by atoms with Gasteiger partial charge < -0.3 is 0 Å². The third-order valence-corrected chi connectivity index (χ3v) is 9.99. The van der Waals surface area contributed by atoms with Crippen molar-refractivity contribution in [3.05, 3.63) is 0 Å². The third kappa shape index (κ3) is 7.51. The highest BCUT2D eigenvalue weighted by molar-refractivity contribution is 5.02. The van der Waals surface area contributed by atoms with Gasteiger partial charge in [-0.15, -0.1) is 0 Å². The smallest absolute Gasteiger partial charge is 0.0689 e. The fourth-order valence-corrected chi connectivity index (χ4v) is 7.67. The third-order valence-electron chi connectivity index (χ3n) is 9.99. The van der Waals surface area contributed by atoms with E-state index in [-0.39, 0.29) is 5.41 Å². The molecule has 0 unspecified atom stereocenters. The molecule has 0 bridgehead atoms. The van der Waals surface area contributed by atoms with Crippen molar-refractivity contribution >= 4 is 0 Å². The van der Waals surface area contributed by atoms with Gasteiger partial charge in [0, 0.05) is 0 Å². The van der Waals surface area contributed by atoms with Crippen molar-refractivity contribution in [3.8, 4) is 6.07 Å². The minimum atomic E-state index is 0.0400. The molecular formula is C30H53N. The maximum Gasteiger partial charge on any atom is 0.0689 e. The summed E-state index contributed by atoms with van der Waals surface area (Å²) in [5, 5.41) is 9.79. The van der Waals surface area contributed by atoms with Gasteiger partial charge in [0.2, 0.25) is 0 Å². The van der Waals surface area contributed by atoms with Gasteiger partial charge in [0.1, 0.15) is 0 Å².